The van der Waals surface area contributed by atoms with Crippen molar-refractivity contribution in [2.24, 2.45) is 0 Å². The van der Waals surface area contributed by atoms with Gasteiger partial charge in [0.25, 0.3) is 5.91 Å². The fourth-order valence-electron chi connectivity index (χ4n) is 2.82. The lowest BCUT2D eigenvalue weighted by Crippen LogP contribution is -2.38. The van der Waals surface area contributed by atoms with Crippen molar-refractivity contribution in [3.63, 3.8) is 0 Å². The number of aromatic nitrogens is 3. The summed E-state index contributed by atoms with van der Waals surface area (Å²) in [5.74, 6) is -0.109. The summed E-state index contributed by atoms with van der Waals surface area (Å²) in [6.45, 7) is 11.2. The molecule has 0 radical (unpaired) electrons. The van der Waals surface area contributed by atoms with Gasteiger partial charge in [-0.15, -0.1) is 5.10 Å². The molecule has 0 bridgehead atoms. The Morgan fingerprint density at radius 3 is 2.52 bits per heavy atom. The molecule has 0 aliphatic rings. The Hall–Kier alpha value is -1.61. The first-order chi connectivity index (χ1) is 13.0. The Bertz CT molecular complexity index is 912. The fraction of sp³-hybridized carbons (Fsp3) is 0.444. The average Bonchev–Trinajstić information content (AvgIpc) is 3.29. The van der Waals surface area contributed by atoms with Gasteiger partial charge in [-0.1, -0.05) is 47.3 Å². The number of likely N-dealkylation sites (N-methyl/N-ethyl adjacent to an activating group) is 1. The van der Waals surface area contributed by atoms with Crippen LogP contribution in [0.15, 0.2) is 12.1 Å². The molecular formula is C18H22ClN5OS2. The van der Waals surface area contributed by atoms with Crippen LogP contribution in [-0.4, -0.2) is 51.6 Å². The summed E-state index contributed by atoms with van der Waals surface area (Å²) in [6, 6.07) is 3.83. The van der Waals surface area contributed by atoms with Crippen LogP contribution in [0.2, 0.25) is 5.02 Å². The maximum Gasteiger partial charge on any atom is 0.273 e. The first-order valence-electron chi connectivity index (χ1n) is 8.85. The summed E-state index contributed by atoms with van der Waals surface area (Å²) < 4.78 is 4.82. The molecule has 1 amide bonds. The van der Waals surface area contributed by atoms with Gasteiger partial charge in [0, 0.05) is 13.1 Å². The molecule has 0 spiro atoms. The monoisotopic (exact) mass is 423 g/mol. The van der Waals surface area contributed by atoms with Crippen LogP contribution in [0, 0.1) is 13.8 Å². The molecule has 0 fully saturated rings. The van der Waals surface area contributed by atoms with Crippen LogP contribution in [0.25, 0.3) is 10.2 Å². The third kappa shape index (κ3) is 4.13. The van der Waals surface area contributed by atoms with Crippen molar-refractivity contribution in [1.82, 2.24) is 19.5 Å². The summed E-state index contributed by atoms with van der Waals surface area (Å²) in [5, 5.41) is 5.30. The van der Waals surface area contributed by atoms with E-state index in [1.165, 1.54) is 11.3 Å². The highest BCUT2D eigenvalue weighted by molar-refractivity contribution is 7.23. The van der Waals surface area contributed by atoms with E-state index in [1.54, 1.807) is 11.8 Å². The van der Waals surface area contributed by atoms with Crippen LogP contribution in [0.3, 0.4) is 0 Å². The molecule has 2 aromatic heterocycles. The number of hydrogen-bond acceptors (Lipinski definition) is 7. The zero-order valence-electron chi connectivity index (χ0n) is 15.8. The molecule has 0 unspecified atom stereocenters. The number of rotatable bonds is 7. The minimum atomic E-state index is -0.109. The molecule has 0 aliphatic carbocycles. The van der Waals surface area contributed by atoms with Crippen LogP contribution < -0.4 is 4.90 Å². The second-order valence-corrected chi connectivity index (χ2v) is 8.35. The molecule has 9 heteroatoms. The van der Waals surface area contributed by atoms with Crippen LogP contribution in [0.1, 0.15) is 34.8 Å². The van der Waals surface area contributed by atoms with Crippen molar-refractivity contribution < 1.29 is 4.79 Å². The van der Waals surface area contributed by atoms with Crippen molar-refractivity contribution in [2.75, 3.05) is 31.1 Å². The Labute approximate surface area is 171 Å². The number of aryl methyl sites for hydroxylation is 2. The Morgan fingerprint density at radius 1 is 1.19 bits per heavy atom. The van der Waals surface area contributed by atoms with Crippen LogP contribution in [-0.2, 0) is 0 Å². The Balaban J connectivity index is 2.01. The topological polar surface area (TPSA) is 62.2 Å². The molecule has 0 saturated heterocycles. The second-order valence-electron chi connectivity index (χ2n) is 6.21. The molecule has 3 rings (SSSR count). The van der Waals surface area contributed by atoms with Gasteiger partial charge in [-0.05, 0) is 50.1 Å². The number of nitrogens with zero attached hydrogens (tertiary/aromatic N) is 5. The van der Waals surface area contributed by atoms with Gasteiger partial charge in [-0.25, -0.2) is 4.98 Å². The molecule has 0 atom stereocenters. The fourth-order valence-corrected chi connectivity index (χ4v) is 4.77. The molecule has 0 aliphatic heterocycles. The summed E-state index contributed by atoms with van der Waals surface area (Å²) in [7, 11) is 0. The average molecular weight is 424 g/mol. The second kappa shape index (κ2) is 8.60. The highest BCUT2D eigenvalue weighted by atomic mass is 35.5. The summed E-state index contributed by atoms with van der Waals surface area (Å²) in [6.07, 6.45) is 0. The van der Waals surface area contributed by atoms with Crippen LogP contribution >= 0.6 is 34.5 Å². The van der Waals surface area contributed by atoms with E-state index in [2.05, 4.69) is 28.3 Å². The van der Waals surface area contributed by atoms with E-state index in [1.807, 2.05) is 19.1 Å². The summed E-state index contributed by atoms with van der Waals surface area (Å²) >= 11 is 8.94. The molecule has 144 valence electrons. The van der Waals surface area contributed by atoms with Gasteiger partial charge in [-0.2, -0.15) is 0 Å². The molecule has 1 aromatic carbocycles. The number of fused-ring (bicyclic) bond motifs is 1. The summed E-state index contributed by atoms with van der Waals surface area (Å²) in [5.41, 5.74) is 2.54. The van der Waals surface area contributed by atoms with E-state index in [0.29, 0.717) is 27.3 Å². The lowest BCUT2D eigenvalue weighted by atomic mass is 10.2. The zero-order chi connectivity index (χ0) is 19.6. The van der Waals surface area contributed by atoms with Crippen LogP contribution in [0.5, 0.6) is 0 Å². The molecular weight excluding hydrogens is 402 g/mol. The van der Waals surface area contributed by atoms with Gasteiger partial charge in [-0.3, -0.25) is 9.69 Å². The minimum Gasteiger partial charge on any atom is -0.302 e. The van der Waals surface area contributed by atoms with Crippen molar-refractivity contribution in [3.8, 4) is 0 Å². The quantitative estimate of drug-likeness (QED) is 0.563. The van der Waals surface area contributed by atoms with E-state index in [-0.39, 0.29) is 5.91 Å². The predicted molar refractivity (Wildman–Crippen MR) is 113 cm³/mol. The molecule has 0 saturated carbocycles. The molecule has 27 heavy (non-hydrogen) atoms. The third-order valence-electron chi connectivity index (χ3n) is 4.54. The van der Waals surface area contributed by atoms with Crippen molar-refractivity contribution in [2.45, 2.75) is 27.7 Å². The first-order valence-corrected chi connectivity index (χ1v) is 10.8. The lowest BCUT2D eigenvalue weighted by Gasteiger charge is -2.24. The minimum absolute atomic E-state index is 0.109. The SMILES string of the molecule is CCN(CC)CCN(C(=O)c1snnc1C)c1nc2c(C)ccc(Cl)c2s1. The zero-order valence-corrected chi connectivity index (χ0v) is 18.2. The number of anilines is 1. The van der Waals surface area contributed by atoms with Gasteiger partial charge in [0.15, 0.2) is 5.13 Å². The van der Waals surface area contributed by atoms with Crippen molar-refractivity contribution in [3.05, 3.63) is 33.3 Å². The number of hydrogen-bond donors (Lipinski definition) is 0. The normalized spacial score (nSPS) is 11.5. The Kier molecular flexibility index (Phi) is 6.41. The number of benzene rings is 1. The number of thiazole rings is 1. The predicted octanol–water partition coefficient (Wildman–Crippen LogP) is 4.41. The highest BCUT2D eigenvalue weighted by Crippen LogP contribution is 2.36. The van der Waals surface area contributed by atoms with Gasteiger partial charge in [0.2, 0.25) is 0 Å². The lowest BCUT2D eigenvalue weighted by molar-refractivity contribution is 0.0987. The third-order valence-corrected chi connectivity index (χ3v) is 6.90. The van der Waals surface area contributed by atoms with Crippen molar-refractivity contribution >= 4 is 55.7 Å². The van der Waals surface area contributed by atoms with E-state index >= 15 is 0 Å². The van der Waals surface area contributed by atoms with E-state index in [4.69, 9.17) is 16.6 Å². The first kappa shape index (κ1) is 20.1. The standard InChI is InChI=1S/C18H22ClN5OS2/c1-5-23(6-2)9-10-24(17(25)15-12(4)21-22-27-15)18-20-14-11(3)7-8-13(19)16(14)26-18/h7-8H,5-6,9-10H2,1-4H3. The van der Waals surface area contributed by atoms with E-state index < -0.39 is 0 Å². The van der Waals surface area contributed by atoms with Gasteiger partial charge in [0.1, 0.15) is 4.88 Å². The largest absolute Gasteiger partial charge is 0.302 e. The van der Waals surface area contributed by atoms with Crippen molar-refractivity contribution in [1.29, 1.82) is 0 Å². The van der Waals surface area contributed by atoms with Gasteiger partial charge < -0.3 is 4.90 Å². The molecule has 6 nitrogen and oxygen atoms in total. The van der Waals surface area contributed by atoms with Gasteiger partial charge >= 0.3 is 0 Å². The number of amides is 1. The highest BCUT2D eigenvalue weighted by Gasteiger charge is 2.26. The van der Waals surface area contributed by atoms with E-state index in [0.717, 1.165) is 46.9 Å². The number of halogens is 1. The van der Waals surface area contributed by atoms with Gasteiger partial charge in [0.05, 0.1) is 20.9 Å². The summed E-state index contributed by atoms with van der Waals surface area (Å²) in [4.78, 5) is 22.6. The maximum absolute atomic E-state index is 13.2. The maximum atomic E-state index is 13.2. The van der Waals surface area contributed by atoms with Crippen LogP contribution in [0.4, 0.5) is 5.13 Å². The number of carbonyl (C=O) groups is 1. The Morgan fingerprint density at radius 2 is 1.93 bits per heavy atom. The smallest absolute Gasteiger partial charge is 0.273 e. The molecule has 2 heterocycles. The number of carbonyl (C=O) groups excluding carboxylic acids is 1. The van der Waals surface area contributed by atoms with E-state index in [9.17, 15) is 4.79 Å². The molecule has 0 N–H and O–H groups in total. The molecule has 3 aromatic rings.